The van der Waals surface area contributed by atoms with Gasteiger partial charge in [0.05, 0.1) is 18.7 Å². The van der Waals surface area contributed by atoms with Crippen molar-refractivity contribution in [1.82, 2.24) is 15.1 Å². The number of ether oxygens (including phenoxy) is 2. The highest BCUT2D eigenvalue weighted by molar-refractivity contribution is 5.68. The maximum absolute atomic E-state index is 12.2. The molecule has 6 nitrogen and oxygen atoms in total. The van der Waals surface area contributed by atoms with Gasteiger partial charge < -0.3 is 24.6 Å². The van der Waals surface area contributed by atoms with E-state index < -0.39 is 5.60 Å². The predicted molar refractivity (Wildman–Crippen MR) is 86.0 cm³/mol. The molecule has 2 aliphatic rings. The van der Waals surface area contributed by atoms with Gasteiger partial charge in [-0.15, -0.1) is 0 Å². The maximum Gasteiger partial charge on any atom is 0.410 e. The summed E-state index contributed by atoms with van der Waals surface area (Å²) in [6, 6.07) is 1.23. The van der Waals surface area contributed by atoms with E-state index in [2.05, 4.69) is 24.2 Å². The van der Waals surface area contributed by atoms with Crippen molar-refractivity contribution in [2.45, 2.75) is 63.9 Å². The maximum atomic E-state index is 12.2. The van der Waals surface area contributed by atoms with Crippen LogP contribution in [0.5, 0.6) is 0 Å². The van der Waals surface area contributed by atoms with Gasteiger partial charge in [-0.3, -0.25) is 0 Å². The minimum atomic E-state index is -0.464. The Balaban J connectivity index is 1.91. The molecule has 0 aliphatic carbocycles. The third-order valence-electron chi connectivity index (χ3n) is 4.56. The fraction of sp³-hybridized carbons (Fsp3) is 0.938. The van der Waals surface area contributed by atoms with Gasteiger partial charge in [-0.25, -0.2) is 4.79 Å². The van der Waals surface area contributed by atoms with Crippen LogP contribution in [0.3, 0.4) is 0 Å². The molecule has 0 spiro atoms. The molecular weight excluding hydrogens is 282 g/mol. The quantitative estimate of drug-likeness (QED) is 0.851. The SMILES string of the molecule is CO[C@H]1CN(C(=O)OC(C)(C)C)CC1NC1CC(C)N(C)C1. The summed E-state index contributed by atoms with van der Waals surface area (Å²) in [7, 11) is 3.86. The lowest BCUT2D eigenvalue weighted by Gasteiger charge is -2.24. The van der Waals surface area contributed by atoms with Crippen LogP contribution in [0.4, 0.5) is 4.79 Å². The number of nitrogens with one attached hydrogen (secondary N) is 1. The zero-order chi connectivity index (χ0) is 16.5. The van der Waals surface area contributed by atoms with Crippen molar-refractivity contribution >= 4 is 6.09 Å². The number of amides is 1. The van der Waals surface area contributed by atoms with Crippen molar-refractivity contribution in [2.75, 3.05) is 33.8 Å². The summed E-state index contributed by atoms with van der Waals surface area (Å²) in [5.74, 6) is 0. The van der Waals surface area contributed by atoms with Crippen LogP contribution in [0.2, 0.25) is 0 Å². The molecule has 1 amide bonds. The van der Waals surface area contributed by atoms with Gasteiger partial charge in [0.2, 0.25) is 0 Å². The van der Waals surface area contributed by atoms with Crippen LogP contribution in [0.15, 0.2) is 0 Å². The van der Waals surface area contributed by atoms with Crippen LogP contribution in [0, 0.1) is 0 Å². The van der Waals surface area contributed by atoms with Gasteiger partial charge >= 0.3 is 6.09 Å². The van der Waals surface area contributed by atoms with E-state index in [0.717, 1.165) is 13.0 Å². The zero-order valence-corrected chi connectivity index (χ0v) is 14.8. The zero-order valence-electron chi connectivity index (χ0n) is 14.8. The highest BCUT2D eigenvalue weighted by atomic mass is 16.6. The molecule has 2 saturated heterocycles. The molecule has 0 saturated carbocycles. The van der Waals surface area contributed by atoms with Crippen molar-refractivity contribution in [1.29, 1.82) is 0 Å². The third-order valence-corrected chi connectivity index (χ3v) is 4.56. The lowest BCUT2D eigenvalue weighted by atomic mass is 10.1. The first-order valence-electron chi connectivity index (χ1n) is 8.16. The van der Waals surface area contributed by atoms with Gasteiger partial charge in [-0.2, -0.15) is 0 Å². The number of rotatable bonds is 3. The smallest absolute Gasteiger partial charge is 0.410 e. The minimum Gasteiger partial charge on any atom is -0.444 e. The molecule has 2 rings (SSSR count). The second-order valence-corrected chi connectivity index (χ2v) is 7.65. The van der Waals surface area contributed by atoms with E-state index in [1.807, 2.05) is 20.8 Å². The molecule has 3 unspecified atom stereocenters. The fourth-order valence-corrected chi connectivity index (χ4v) is 3.27. The Bertz CT molecular complexity index is 387. The number of methoxy groups -OCH3 is 1. The molecule has 1 N–H and O–H groups in total. The average Bonchev–Trinajstić information content (AvgIpc) is 2.92. The van der Waals surface area contributed by atoms with Crippen LogP contribution in [-0.2, 0) is 9.47 Å². The number of nitrogens with zero attached hydrogens (tertiary/aromatic N) is 2. The number of carbonyl (C=O) groups is 1. The van der Waals surface area contributed by atoms with E-state index in [4.69, 9.17) is 9.47 Å². The van der Waals surface area contributed by atoms with E-state index in [-0.39, 0.29) is 18.2 Å². The summed E-state index contributed by atoms with van der Waals surface area (Å²) in [6.07, 6.45) is 0.903. The van der Waals surface area contributed by atoms with Gasteiger partial charge in [0.25, 0.3) is 0 Å². The van der Waals surface area contributed by atoms with Crippen LogP contribution in [-0.4, -0.2) is 79.5 Å². The van der Waals surface area contributed by atoms with Crippen molar-refractivity contribution < 1.29 is 14.3 Å². The molecule has 0 aromatic rings. The van der Waals surface area contributed by atoms with E-state index in [9.17, 15) is 4.79 Å². The molecule has 22 heavy (non-hydrogen) atoms. The van der Waals surface area contributed by atoms with Gasteiger partial charge in [-0.05, 0) is 41.2 Å². The number of hydrogen-bond acceptors (Lipinski definition) is 5. The molecule has 0 radical (unpaired) electrons. The second kappa shape index (κ2) is 6.72. The molecule has 0 aromatic heterocycles. The van der Waals surface area contributed by atoms with Crippen molar-refractivity contribution in [3.63, 3.8) is 0 Å². The Kier molecular flexibility index (Phi) is 5.35. The normalized spacial score (nSPS) is 33.5. The molecule has 0 bridgehead atoms. The van der Waals surface area contributed by atoms with Gasteiger partial charge in [0, 0.05) is 32.3 Å². The summed E-state index contributed by atoms with van der Waals surface area (Å²) in [4.78, 5) is 16.3. The molecule has 2 aliphatic heterocycles. The van der Waals surface area contributed by atoms with Crippen molar-refractivity contribution in [2.24, 2.45) is 0 Å². The Hall–Kier alpha value is -0.850. The monoisotopic (exact) mass is 313 g/mol. The highest BCUT2D eigenvalue weighted by Gasteiger charge is 2.39. The van der Waals surface area contributed by atoms with Crippen LogP contribution in [0.1, 0.15) is 34.1 Å². The lowest BCUT2D eigenvalue weighted by Crippen LogP contribution is -2.46. The van der Waals surface area contributed by atoms with Gasteiger partial charge in [-0.1, -0.05) is 0 Å². The van der Waals surface area contributed by atoms with E-state index in [0.29, 0.717) is 25.2 Å². The third kappa shape index (κ3) is 4.33. The van der Waals surface area contributed by atoms with Crippen LogP contribution in [0.25, 0.3) is 0 Å². The fourth-order valence-electron chi connectivity index (χ4n) is 3.27. The number of likely N-dealkylation sites (tertiary alicyclic amines) is 2. The first-order valence-corrected chi connectivity index (χ1v) is 8.16. The molecule has 128 valence electrons. The molecule has 2 fully saturated rings. The van der Waals surface area contributed by atoms with Crippen molar-refractivity contribution in [3.05, 3.63) is 0 Å². The van der Waals surface area contributed by atoms with E-state index in [1.54, 1.807) is 12.0 Å². The molecule has 2 heterocycles. The first kappa shape index (κ1) is 17.5. The molecule has 0 aromatic carbocycles. The lowest BCUT2D eigenvalue weighted by molar-refractivity contribution is 0.0252. The topological polar surface area (TPSA) is 54.0 Å². The highest BCUT2D eigenvalue weighted by Crippen LogP contribution is 2.21. The summed E-state index contributed by atoms with van der Waals surface area (Å²) in [5.41, 5.74) is -0.464. The standard InChI is InChI=1S/C16H31N3O3/c1-11-7-12(8-18(11)5)17-13-9-19(10-14(13)21-6)15(20)22-16(2,3)4/h11-14,17H,7-10H2,1-6H3/t11?,12?,13?,14-/m0/s1. The van der Waals surface area contributed by atoms with Crippen LogP contribution < -0.4 is 5.32 Å². The first-order chi connectivity index (χ1) is 10.2. The number of hydrogen-bond donors (Lipinski definition) is 1. The van der Waals surface area contributed by atoms with E-state index in [1.165, 1.54) is 0 Å². The number of carbonyl (C=O) groups excluding carboxylic acids is 1. The largest absolute Gasteiger partial charge is 0.444 e. The summed E-state index contributed by atoms with van der Waals surface area (Å²) in [5, 5.41) is 3.67. The Morgan fingerprint density at radius 2 is 1.91 bits per heavy atom. The molecule has 4 atom stereocenters. The Morgan fingerprint density at radius 1 is 1.23 bits per heavy atom. The van der Waals surface area contributed by atoms with Gasteiger partial charge in [0.15, 0.2) is 0 Å². The molecule has 6 heteroatoms. The Morgan fingerprint density at radius 3 is 2.41 bits per heavy atom. The molecular formula is C16H31N3O3. The van der Waals surface area contributed by atoms with Crippen molar-refractivity contribution in [3.8, 4) is 0 Å². The summed E-state index contributed by atoms with van der Waals surface area (Å²) < 4.78 is 11.0. The number of likely N-dealkylation sites (N-methyl/N-ethyl adjacent to an activating group) is 1. The van der Waals surface area contributed by atoms with E-state index >= 15 is 0 Å². The average molecular weight is 313 g/mol. The predicted octanol–water partition coefficient (Wildman–Crippen LogP) is 1.30. The summed E-state index contributed by atoms with van der Waals surface area (Å²) in [6.45, 7) is 10.2. The minimum absolute atomic E-state index is 0.0220. The second-order valence-electron chi connectivity index (χ2n) is 7.65. The van der Waals surface area contributed by atoms with Crippen LogP contribution >= 0.6 is 0 Å². The summed E-state index contributed by atoms with van der Waals surface area (Å²) >= 11 is 0. The Labute approximate surface area is 134 Å². The van der Waals surface area contributed by atoms with Gasteiger partial charge in [0.1, 0.15) is 5.60 Å².